The number of nitrogens with zero attached hydrogens (tertiary/aromatic N) is 2. The van der Waals surface area contributed by atoms with Crippen LogP contribution in [0.15, 0.2) is 36.5 Å². The van der Waals surface area contributed by atoms with Crippen molar-refractivity contribution >= 4 is 34.1 Å². The minimum Gasteiger partial charge on any atom is -0.490 e. The van der Waals surface area contributed by atoms with E-state index in [0.29, 0.717) is 21.7 Å². The van der Waals surface area contributed by atoms with Crippen LogP contribution in [0.25, 0.3) is 22.0 Å². The first-order valence-electron chi connectivity index (χ1n) is 8.39. The number of halogens is 2. The molecule has 0 unspecified atom stereocenters. The summed E-state index contributed by atoms with van der Waals surface area (Å²) in [6.45, 7) is 2.17. The zero-order valence-corrected chi connectivity index (χ0v) is 15.4. The molecule has 0 radical (unpaired) electrons. The molecule has 4 nitrogen and oxygen atoms in total. The monoisotopic (exact) mass is 375 g/mol. The van der Waals surface area contributed by atoms with Gasteiger partial charge in [-0.3, -0.25) is 5.10 Å². The first-order valence-corrected chi connectivity index (χ1v) is 9.14. The molecule has 1 N–H and O–H groups in total. The molecule has 0 saturated carbocycles. The summed E-state index contributed by atoms with van der Waals surface area (Å²) in [5, 5.41) is 9.08. The summed E-state index contributed by atoms with van der Waals surface area (Å²) in [6, 6.07) is 9.90. The lowest BCUT2D eigenvalue weighted by Crippen LogP contribution is -2.35. The number of H-pyrrole nitrogens is 1. The van der Waals surface area contributed by atoms with Crippen molar-refractivity contribution in [1.82, 2.24) is 15.1 Å². The lowest BCUT2D eigenvalue weighted by Gasteiger charge is -2.29. The molecule has 0 aliphatic carbocycles. The molecule has 1 aromatic heterocycles. The Bertz CT molecular complexity index is 884. The number of benzene rings is 2. The van der Waals surface area contributed by atoms with Crippen molar-refractivity contribution in [3.05, 3.63) is 46.6 Å². The van der Waals surface area contributed by atoms with Gasteiger partial charge in [0.2, 0.25) is 0 Å². The van der Waals surface area contributed by atoms with E-state index >= 15 is 0 Å². The average molecular weight is 376 g/mol. The molecule has 2 heterocycles. The number of ether oxygens (including phenoxy) is 1. The Hall–Kier alpha value is -1.75. The van der Waals surface area contributed by atoms with E-state index in [9.17, 15) is 0 Å². The molecule has 1 fully saturated rings. The largest absolute Gasteiger partial charge is 0.490 e. The molecule has 0 amide bonds. The second-order valence-electron chi connectivity index (χ2n) is 6.51. The zero-order chi connectivity index (χ0) is 17.4. The third-order valence-corrected chi connectivity index (χ3v) is 5.44. The van der Waals surface area contributed by atoms with Gasteiger partial charge in [0.05, 0.1) is 10.0 Å². The Morgan fingerprint density at radius 1 is 1.16 bits per heavy atom. The molecule has 1 aliphatic heterocycles. The minimum absolute atomic E-state index is 0.292. The number of fused-ring (bicyclic) bond motifs is 1. The summed E-state index contributed by atoms with van der Waals surface area (Å²) in [5.41, 5.74) is 2.56. The molecule has 3 aromatic rings. The van der Waals surface area contributed by atoms with Gasteiger partial charge in [-0.1, -0.05) is 35.3 Å². The highest BCUT2D eigenvalue weighted by atomic mass is 35.5. The third kappa shape index (κ3) is 3.34. The van der Waals surface area contributed by atoms with Gasteiger partial charge in [0.25, 0.3) is 0 Å². The molecule has 0 spiro atoms. The van der Waals surface area contributed by atoms with Gasteiger partial charge in [-0.15, -0.1) is 0 Å². The van der Waals surface area contributed by atoms with Gasteiger partial charge < -0.3 is 9.64 Å². The molecule has 25 heavy (non-hydrogen) atoms. The van der Waals surface area contributed by atoms with Gasteiger partial charge in [-0.05, 0) is 43.7 Å². The fraction of sp³-hybridized carbons (Fsp3) is 0.316. The lowest BCUT2D eigenvalue weighted by molar-refractivity contribution is 0.114. The van der Waals surface area contributed by atoms with Crippen LogP contribution >= 0.6 is 23.2 Å². The highest BCUT2D eigenvalue weighted by Crippen LogP contribution is 2.38. The van der Waals surface area contributed by atoms with Crippen molar-refractivity contribution in [3.63, 3.8) is 0 Å². The van der Waals surface area contributed by atoms with E-state index in [-0.39, 0.29) is 0 Å². The Kier molecular flexibility index (Phi) is 4.59. The molecular formula is C19H19Cl2N3O. The Morgan fingerprint density at radius 3 is 2.60 bits per heavy atom. The van der Waals surface area contributed by atoms with Crippen molar-refractivity contribution in [2.24, 2.45) is 0 Å². The SMILES string of the molecule is CN1CCC(Oc2ccc(-c3cc(Cl)c4c[nH]nc4c3Cl)cc2)CC1. The van der Waals surface area contributed by atoms with Crippen LogP contribution in [0.4, 0.5) is 0 Å². The Labute approximate surface area is 156 Å². The fourth-order valence-electron chi connectivity index (χ4n) is 3.25. The molecule has 1 saturated heterocycles. The van der Waals surface area contributed by atoms with Crippen LogP contribution in [0, 0.1) is 0 Å². The highest BCUT2D eigenvalue weighted by molar-refractivity contribution is 6.42. The van der Waals surface area contributed by atoms with Gasteiger partial charge in [-0.25, -0.2) is 0 Å². The van der Waals surface area contributed by atoms with E-state index in [4.69, 9.17) is 27.9 Å². The molecule has 130 valence electrons. The van der Waals surface area contributed by atoms with Gasteiger partial charge in [0.15, 0.2) is 0 Å². The molecule has 6 heteroatoms. The quantitative estimate of drug-likeness (QED) is 0.699. The number of likely N-dealkylation sites (tertiary alicyclic amines) is 1. The molecule has 2 aromatic carbocycles. The number of hydrogen-bond donors (Lipinski definition) is 1. The molecule has 1 aliphatic rings. The Morgan fingerprint density at radius 2 is 1.88 bits per heavy atom. The summed E-state index contributed by atoms with van der Waals surface area (Å²) in [7, 11) is 2.15. The van der Waals surface area contributed by atoms with Crippen LogP contribution < -0.4 is 4.74 Å². The summed E-state index contributed by atoms with van der Waals surface area (Å²) in [5.74, 6) is 0.890. The van der Waals surface area contributed by atoms with Crippen molar-refractivity contribution < 1.29 is 4.74 Å². The standard InChI is InChI=1S/C19H19Cl2N3O/c1-24-8-6-14(7-9-24)25-13-4-2-12(3-5-13)15-10-17(20)16-11-22-23-19(16)18(15)21/h2-5,10-11,14H,6-9H2,1H3,(H,22,23). The number of piperidine rings is 1. The van der Waals surface area contributed by atoms with Crippen molar-refractivity contribution in [2.75, 3.05) is 20.1 Å². The number of nitrogens with one attached hydrogen (secondary N) is 1. The van der Waals surface area contributed by atoms with Crippen molar-refractivity contribution in [3.8, 4) is 16.9 Å². The zero-order valence-electron chi connectivity index (χ0n) is 13.9. The predicted molar refractivity (Wildman–Crippen MR) is 103 cm³/mol. The number of aromatic amines is 1. The van der Waals surface area contributed by atoms with Crippen molar-refractivity contribution in [1.29, 1.82) is 0 Å². The van der Waals surface area contributed by atoms with Crippen LogP contribution in [0.3, 0.4) is 0 Å². The summed E-state index contributed by atoms with van der Waals surface area (Å²) in [4.78, 5) is 2.33. The van der Waals surface area contributed by atoms with E-state index in [1.807, 2.05) is 30.3 Å². The van der Waals surface area contributed by atoms with Crippen LogP contribution in [-0.4, -0.2) is 41.3 Å². The van der Waals surface area contributed by atoms with Gasteiger partial charge in [0.1, 0.15) is 17.4 Å². The predicted octanol–water partition coefficient (Wildman–Crippen LogP) is 5.01. The maximum Gasteiger partial charge on any atom is 0.119 e. The summed E-state index contributed by atoms with van der Waals surface area (Å²) >= 11 is 12.9. The maximum absolute atomic E-state index is 6.52. The van der Waals surface area contributed by atoms with Gasteiger partial charge in [0, 0.05) is 30.2 Å². The first-order chi connectivity index (χ1) is 12.1. The number of aromatic nitrogens is 2. The van der Waals surface area contributed by atoms with Gasteiger partial charge in [-0.2, -0.15) is 5.10 Å². The Balaban J connectivity index is 1.57. The fourth-order valence-corrected chi connectivity index (χ4v) is 3.81. The summed E-state index contributed by atoms with van der Waals surface area (Å²) in [6.07, 6.45) is 4.18. The van der Waals surface area contributed by atoms with Crippen LogP contribution in [-0.2, 0) is 0 Å². The molecule has 0 bridgehead atoms. The molecule has 4 rings (SSSR count). The van der Waals surface area contributed by atoms with E-state index in [2.05, 4.69) is 22.1 Å². The number of hydrogen-bond acceptors (Lipinski definition) is 3. The van der Waals surface area contributed by atoms with Crippen LogP contribution in [0.2, 0.25) is 10.0 Å². The average Bonchev–Trinajstić information content (AvgIpc) is 3.12. The third-order valence-electron chi connectivity index (χ3n) is 4.75. The molecular weight excluding hydrogens is 357 g/mol. The van der Waals surface area contributed by atoms with Crippen LogP contribution in [0.1, 0.15) is 12.8 Å². The van der Waals surface area contributed by atoms with E-state index in [0.717, 1.165) is 48.2 Å². The van der Waals surface area contributed by atoms with Gasteiger partial charge >= 0.3 is 0 Å². The second kappa shape index (κ2) is 6.87. The smallest absolute Gasteiger partial charge is 0.119 e. The van der Waals surface area contributed by atoms with Crippen molar-refractivity contribution in [2.45, 2.75) is 18.9 Å². The normalized spacial score (nSPS) is 16.4. The van der Waals surface area contributed by atoms with E-state index in [1.54, 1.807) is 6.20 Å². The maximum atomic E-state index is 6.52. The van der Waals surface area contributed by atoms with Crippen LogP contribution in [0.5, 0.6) is 5.75 Å². The van der Waals surface area contributed by atoms with E-state index < -0.39 is 0 Å². The molecule has 0 atom stereocenters. The summed E-state index contributed by atoms with van der Waals surface area (Å²) < 4.78 is 6.10. The lowest BCUT2D eigenvalue weighted by atomic mass is 10.0. The second-order valence-corrected chi connectivity index (χ2v) is 7.30. The minimum atomic E-state index is 0.292. The highest BCUT2D eigenvalue weighted by Gasteiger charge is 2.18. The topological polar surface area (TPSA) is 41.1 Å². The number of rotatable bonds is 3. The first kappa shape index (κ1) is 16.7. The van der Waals surface area contributed by atoms with E-state index in [1.165, 1.54) is 0 Å².